The second-order valence-corrected chi connectivity index (χ2v) is 5.24. The van der Waals surface area contributed by atoms with Gasteiger partial charge in [0.05, 0.1) is 17.9 Å². The normalized spacial score (nSPS) is 14.6. The fourth-order valence-electron chi connectivity index (χ4n) is 1.30. The molecule has 84 valence electrons. The summed E-state index contributed by atoms with van der Waals surface area (Å²) in [5.41, 5.74) is 5.44. The van der Waals surface area contributed by atoms with E-state index in [0.717, 1.165) is 17.1 Å². The van der Waals surface area contributed by atoms with Crippen molar-refractivity contribution in [2.75, 3.05) is 13.7 Å². The molecule has 0 spiro atoms. The lowest BCUT2D eigenvalue weighted by Crippen LogP contribution is -2.16. The average molecular weight is 227 g/mol. The molecule has 2 N–H and O–H groups in total. The number of hydrogen-bond donors (Lipinski definition) is 1. The van der Waals surface area contributed by atoms with Crippen LogP contribution in [0.3, 0.4) is 0 Å². The quantitative estimate of drug-likeness (QED) is 0.830. The zero-order valence-corrected chi connectivity index (χ0v) is 9.92. The van der Waals surface area contributed by atoms with Crippen LogP contribution >= 0.6 is 0 Å². The summed E-state index contributed by atoms with van der Waals surface area (Å²) in [7, 11) is 0.603. The molecule has 0 heterocycles. The van der Waals surface area contributed by atoms with Crippen molar-refractivity contribution in [3.8, 4) is 5.75 Å². The van der Waals surface area contributed by atoms with Crippen LogP contribution in [0.15, 0.2) is 29.2 Å². The Bertz CT molecular complexity index is 341. The summed E-state index contributed by atoms with van der Waals surface area (Å²) in [5.74, 6) is 0.737. The Balaban J connectivity index is 2.81. The summed E-state index contributed by atoms with van der Waals surface area (Å²) < 4.78 is 17.1. The molecule has 0 aliphatic heterocycles. The van der Waals surface area contributed by atoms with Crippen molar-refractivity contribution in [2.24, 2.45) is 5.73 Å². The maximum absolute atomic E-state index is 12.0. The Morgan fingerprint density at radius 1 is 1.53 bits per heavy atom. The first kappa shape index (κ1) is 12.2. The van der Waals surface area contributed by atoms with E-state index in [2.05, 4.69) is 0 Å². The van der Waals surface area contributed by atoms with E-state index in [0.29, 0.717) is 6.54 Å². The van der Waals surface area contributed by atoms with Crippen LogP contribution in [0.1, 0.15) is 13.3 Å². The molecule has 0 amide bonds. The highest BCUT2D eigenvalue weighted by Crippen LogP contribution is 2.18. The Morgan fingerprint density at radius 2 is 2.27 bits per heavy atom. The van der Waals surface area contributed by atoms with Gasteiger partial charge in [0.15, 0.2) is 0 Å². The van der Waals surface area contributed by atoms with Gasteiger partial charge in [0.1, 0.15) is 5.75 Å². The lowest BCUT2D eigenvalue weighted by atomic mass is 10.3. The smallest absolute Gasteiger partial charge is 0.120 e. The maximum atomic E-state index is 12.0. The van der Waals surface area contributed by atoms with Crippen LogP contribution in [-0.4, -0.2) is 23.1 Å². The van der Waals surface area contributed by atoms with E-state index in [1.165, 1.54) is 0 Å². The first-order valence-electron chi connectivity index (χ1n) is 4.93. The molecule has 0 fully saturated rings. The van der Waals surface area contributed by atoms with Gasteiger partial charge in [-0.25, -0.2) is 0 Å². The van der Waals surface area contributed by atoms with Gasteiger partial charge in [0.25, 0.3) is 0 Å². The fourth-order valence-corrected chi connectivity index (χ4v) is 2.56. The molecule has 0 radical (unpaired) electrons. The minimum atomic E-state index is -1.000. The molecule has 1 aromatic rings. The minimum Gasteiger partial charge on any atom is -0.497 e. The standard InChI is InChI=1S/C11H17NO2S/c1-9(6-7-12)15(13)11-5-3-4-10(8-11)14-2/h3-5,8-9H,6-7,12H2,1-2H3. The summed E-state index contributed by atoms with van der Waals surface area (Å²) in [6.45, 7) is 2.51. The third-order valence-electron chi connectivity index (χ3n) is 2.21. The monoisotopic (exact) mass is 227 g/mol. The van der Waals surface area contributed by atoms with Crippen LogP contribution in [-0.2, 0) is 10.8 Å². The van der Waals surface area contributed by atoms with Crippen molar-refractivity contribution in [3.05, 3.63) is 24.3 Å². The maximum Gasteiger partial charge on any atom is 0.120 e. The number of ether oxygens (including phenoxy) is 1. The average Bonchev–Trinajstić information content (AvgIpc) is 2.28. The van der Waals surface area contributed by atoms with Crippen molar-refractivity contribution in [1.82, 2.24) is 0 Å². The predicted molar refractivity (Wildman–Crippen MR) is 62.5 cm³/mol. The zero-order valence-electron chi connectivity index (χ0n) is 9.10. The van der Waals surface area contributed by atoms with E-state index in [4.69, 9.17) is 10.5 Å². The van der Waals surface area contributed by atoms with E-state index in [9.17, 15) is 4.21 Å². The highest BCUT2D eigenvalue weighted by molar-refractivity contribution is 7.85. The summed E-state index contributed by atoms with van der Waals surface area (Å²) >= 11 is 0. The van der Waals surface area contributed by atoms with Gasteiger partial charge < -0.3 is 10.5 Å². The van der Waals surface area contributed by atoms with E-state index in [1.807, 2.05) is 31.2 Å². The van der Waals surface area contributed by atoms with E-state index >= 15 is 0 Å². The number of rotatable bonds is 5. The van der Waals surface area contributed by atoms with E-state index in [-0.39, 0.29) is 5.25 Å². The van der Waals surface area contributed by atoms with Crippen LogP contribution in [0.25, 0.3) is 0 Å². The van der Waals surface area contributed by atoms with Gasteiger partial charge in [0.2, 0.25) is 0 Å². The van der Waals surface area contributed by atoms with Crippen molar-refractivity contribution in [2.45, 2.75) is 23.5 Å². The molecule has 2 atom stereocenters. The minimum absolute atomic E-state index is 0.0853. The number of nitrogens with two attached hydrogens (primary N) is 1. The lowest BCUT2D eigenvalue weighted by molar-refractivity contribution is 0.413. The molecule has 1 aromatic carbocycles. The SMILES string of the molecule is COc1cccc(S(=O)C(C)CCN)c1. The Morgan fingerprint density at radius 3 is 2.87 bits per heavy atom. The van der Waals surface area contributed by atoms with Gasteiger partial charge in [-0.15, -0.1) is 0 Å². The lowest BCUT2D eigenvalue weighted by Gasteiger charge is -2.10. The first-order chi connectivity index (χ1) is 7.19. The highest BCUT2D eigenvalue weighted by Gasteiger charge is 2.12. The molecular weight excluding hydrogens is 210 g/mol. The van der Waals surface area contributed by atoms with Crippen LogP contribution in [0, 0.1) is 0 Å². The van der Waals surface area contributed by atoms with Crippen molar-refractivity contribution >= 4 is 10.8 Å². The van der Waals surface area contributed by atoms with E-state index < -0.39 is 10.8 Å². The Hall–Kier alpha value is -0.870. The molecular formula is C11H17NO2S. The van der Waals surface area contributed by atoms with Crippen LogP contribution in [0.2, 0.25) is 0 Å². The second kappa shape index (κ2) is 5.88. The number of benzene rings is 1. The molecule has 0 aliphatic rings. The third-order valence-corrected chi connectivity index (χ3v) is 3.90. The van der Waals surface area contributed by atoms with Crippen molar-refractivity contribution < 1.29 is 8.95 Å². The summed E-state index contributed by atoms with van der Waals surface area (Å²) in [5, 5.41) is 0.0853. The molecule has 0 saturated carbocycles. The van der Waals surface area contributed by atoms with Crippen molar-refractivity contribution in [3.63, 3.8) is 0 Å². The topological polar surface area (TPSA) is 52.3 Å². The molecule has 0 aliphatic carbocycles. The van der Waals surface area contributed by atoms with Gasteiger partial charge in [-0.2, -0.15) is 0 Å². The Labute approximate surface area is 93.1 Å². The predicted octanol–water partition coefficient (Wildman–Crippen LogP) is 1.54. The van der Waals surface area contributed by atoms with Crippen molar-refractivity contribution in [1.29, 1.82) is 0 Å². The van der Waals surface area contributed by atoms with Gasteiger partial charge in [-0.3, -0.25) is 4.21 Å². The first-order valence-corrected chi connectivity index (χ1v) is 6.15. The third kappa shape index (κ3) is 3.32. The Kier molecular flexibility index (Phi) is 4.78. The fraction of sp³-hybridized carbons (Fsp3) is 0.455. The molecule has 1 rings (SSSR count). The second-order valence-electron chi connectivity index (χ2n) is 3.36. The van der Waals surface area contributed by atoms with Gasteiger partial charge in [0, 0.05) is 10.1 Å². The summed E-state index contributed by atoms with van der Waals surface area (Å²) in [4.78, 5) is 0.801. The number of methoxy groups -OCH3 is 1. The molecule has 0 saturated heterocycles. The van der Waals surface area contributed by atoms with Crippen LogP contribution < -0.4 is 10.5 Å². The molecule has 3 nitrogen and oxygen atoms in total. The zero-order chi connectivity index (χ0) is 11.3. The van der Waals surface area contributed by atoms with Crippen LogP contribution in [0.5, 0.6) is 5.75 Å². The summed E-state index contributed by atoms with van der Waals surface area (Å²) in [6, 6.07) is 7.35. The molecule has 4 heteroatoms. The van der Waals surface area contributed by atoms with E-state index in [1.54, 1.807) is 7.11 Å². The molecule has 2 unspecified atom stereocenters. The van der Waals surface area contributed by atoms with Gasteiger partial charge >= 0.3 is 0 Å². The molecule has 0 bridgehead atoms. The van der Waals surface area contributed by atoms with Gasteiger partial charge in [-0.1, -0.05) is 13.0 Å². The number of hydrogen-bond acceptors (Lipinski definition) is 3. The highest BCUT2D eigenvalue weighted by atomic mass is 32.2. The summed E-state index contributed by atoms with van der Waals surface area (Å²) in [6.07, 6.45) is 0.768. The van der Waals surface area contributed by atoms with Crippen LogP contribution in [0.4, 0.5) is 0 Å². The molecule has 0 aromatic heterocycles. The largest absolute Gasteiger partial charge is 0.497 e. The molecule has 15 heavy (non-hydrogen) atoms. The van der Waals surface area contributed by atoms with Gasteiger partial charge in [-0.05, 0) is 31.2 Å².